The summed E-state index contributed by atoms with van der Waals surface area (Å²) >= 11 is 1.92. The summed E-state index contributed by atoms with van der Waals surface area (Å²) in [5, 5.41) is 2.78. The topological polar surface area (TPSA) is 49.4 Å². The molecule has 4 nitrogen and oxygen atoms in total. The van der Waals surface area contributed by atoms with E-state index in [1.807, 2.05) is 16.7 Å². The number of hydrogen-bond donors (Lipinski definition) is 1. The first-order valence-electron chi connectivity index (χ1n) is 5.90. The highest BCUT2D eigenvalue weighted by Gasteiger charge is 2.28. The minimum atomic E-state index is 0.0146. The average Bonchev–Trinajstić information content (AvgIpc) is 2.57. The fourth-order valence-electron chi connectivity index (χ4n) is 2.17. The summed E-state index contributed by atoms with van der Waals surface area (Å²) in [5.74, 6) is 2.54. The van der Waals surface area contributed by atoms with Crippen molar-refractivity contribution in [3.63, 3.8) is 0 Å². The van der Waals surface area contributed by atoms with Crippen molar-refractivity contribution in [3.8, 4) is 0 Å². The lowest BCUT2D eigenvalue weighted by molar-refractivity contribution is -0.137. The number of piperidine rings is 1. The Morgan fingerprint density at radius 3 is 3.00 bits per heavy atom. The van der Waals surface area contributed by atoms with Crippen LogP contribution in [0.1, 0.15) is 19.3 Å². The summed E-state index contributed by atoms with van der Waals surface area (Å²) in [5.41, 5.74) is 0. The Morgan fingerprint density at radius 1 is 1.38 bits per heavy atom. The molecule has 0 spiro atoms. The quantitative estimate of drug-likeness (QED) is 0.727. The van der Waals surface area contributed by atoms with E-state index < -0.39 is 0 Å². The van der Waals surface area contributed by atoms with E-state index in [2.05, 4.69) is 5.32 Å². The molecule has 16 heavy (non-hydrogen) atoms. The number of carbonyl (C=O) groups excluding carboxylic acids is 2. The van der Waals surface area contributed by atoms with Crippen LogP contribution in [0.25, 0.3) is 0 Å². The molecular weight excluding hydrogens is 224 g/mol. The van der Waals surface area contributed by atoms with Gasteiger partial charge < -0.3 is 10.2 Å². The molecule has 2 rings (SSSR count). The molecule has 2 amide bonds. The minimum absolute atomic E-state index is 0.0146. The van der Waals surface area contributed by atoms with Gasteiger partial charge in [0.2, 0.25) is 11.8 Å². The summed E-state index contributed by atoms with van der Waals surface area (Å²) in [6, 6.07) is 0. The Hall–Kier alpha value is -0.710. The molecule has 2 fully saturated rings. The lowest BCUT2D eigenvalue weighted by Crippen LogP contribution is -2.45. The van der Waals surface area contributed by atoms with E-state index in [4.69, 9.17) is 0 Å². The van der Waals surface area contributed by atoms with Crippen LogP contribution in [0, 0.1) is 5.92 Å². The summed E-state index contributed by atoms with van der Waals surface area (Å²) in [7, 11) is 0. The lowest BCUT2D eigenvalue weighted by Gasteiger charge is -2.28. The Kier molecular flexibility index (Phi) is 4.09. The van der Waals surface area contributed by atoms with Crippen molar-refractivity contribution in [1.29, 1.82) is 0 Å². The van der Waals surface area contributed by atoms with Gasteiger partial charge in [-0.1, -0.05) is 0 Å². The van der Waals surface area contributed by atoms with Gasteiger partial charge in [-0.2, -0.15) is 11.8 Å². The van der Waals surface area contributed by atoms with Crippen molar-refractivity contribution >= 4 is 23.6 Å². The molecule has 1 unspecified atom stereocenters. The van der Waals surface area contributed by atoms with E-state index >= 15 is 0 Å². The molecule has 1 atom stereocenters. The van der Waals surface area contributed by atoms with Gasteiger partial charge in [-0.15, -0.1) is 0 Å². The molecule has 0 saturated carbocycles. The number of thioether (sulfide) groups is 1. The Bertz CT molecular complexity index is 265. The van der Waals surface area contributed by atoms with Gasteiger partial charge >= 0.3 is 0 Å². The second-order valence-corrected chi connectivity index (χ2v) is 5.56. The normalized spacial score (nSPS) is 27.1. The smallest absolute Gasteiger partial charge is 0.227 e. The molecule has 2 aliphatic rings. The van der Waals surface area contributed by atoms with Crippen LogP contribution in [0.3, 0.4) is 0 Å². The third-order valence-electron chi connectivity index (χ3n) is 3.15. The van der Waals surface area contributed by atoms with Gasteiger partial charge in [-0.3, -0.25) is 9.59 Å². The molecule has 90 valence electrons. The summed E-state index contributed by atoms with van der Waals surface area (Å²) in [6.07, 6.45) is 2.31. The zero-order valence-electron chi connectivity index (χ0n) is 9.41. The van der Waals surface area contributed by atoms with Crippen LogP contribution in [0.4, 0.5) is 0 Å². The Balaban J connectivity index is 1.87. The fraction of sp³-hybridized carbons (Fsp3) is 0.818. The zero-order valence-corrected chi connectivity index (χ0v) is 10.2. The Morgan fingerprint density at radius 2 is 2.25 bits per heavy atom. The highest BCUT2D eigenvalue weighted by atomic mass is 32.2. The standard InChI is InChI=1S/C11H18N2O2S/c14-10-3-2-9(8-12-10)11(15)13-4-1-6-16-7-5-13/h9H,1-8H2,(H,12,14). The van der Waals surface area contributed by atoms with Gasteiger partial charge in [-0.25, -0.2) is 0 Å². The predicted octanol–water partition coefficient (Wildman–Crippen LogP) is 0.478. The first kappa shape index (κ1) is 11.8. The molecule has 0 aromatic rings. The SMILES string of the molecule is O=C1CCC(C(=O)N2CCCSCC2)CN1. The molecular formula is C11H18N2O2S. The number of rotatable bonds is 1. The fourth-order valence-corrected chi connectivity index (χ4v) is 3.06. The van der Waals surface area contributed by atoms with Crippen molar-refractivity contribution in [2.75, 3.05) is 31.1 Å². The molecule has 2 heterocycles. The second-order valence-electron chi connectivity index (χ2n) is 4.33. The summed E-state index contributed by atoms with van der Waals surface area (Å²) < 4.78 is 0. The summed E-state index contributed by atoms with van der Waals surface area (Å²) in [4.78, 5) is 25.2. The van der Waals surface area contributed by atoms with Crippen molar-refractivity contribution in [1.82, 2.24) is 10.2 Å². The van der Waals surface area contributed by atoms with E-state index in [-0.39, 0.29) is 17.7 Å². The maximum absolute atomic E-state index is 12.2. The van der Waals surface area contributed by atoms with Gasteiger partial charge in [0.05, 0.1) is 5.92 Å². The van der Waals surface area contributed by atoms with E-state index in [9.17, 15) is 9.59 Å². The van der Waals surface area contributed by atoms with Crippen LogP contribution in [-0.2, 0) is 9.59 Å². The molecule has 2 aliphatic heterocycles. The molecule has 0 aliphatic carbocycles. The van der Waals surface area contributed by atoms with Crippen LogP contribution in [-0.4, -0.2) is 47.9 Å². The highest BCUT2D eigenvalue weighted by molar-refractivity contribution is 7.99. The van der Waals surface area contributed by atoms with Gasteiger partial charge in [0.25, 0.3) is 0 Å². The molecule has 2 saturated heterocycles. The number of hydrogen-bond acceptors (Lipinski definition) is 3. The molecule has 5 heteroatoms. The molecule has 1 N–H and O–H groups in total. The third-order valence-corrected chi connectivity index (χ3v) is 4.20. The van der Waals surface area contributed by atoms with Crippen LogP contribution >= 0.6 is 11.8 Å². The molecule has 0 aromatic carbocycles. The highest BCUT2D eigenvalue weighted by Crippen LogP contribution is 2.17. The van der Waals surface area contributed by atoms with Crippen molar-refractivity contribution in [3.05, 3.63) is 0 Å². The molecule has 0 aromatic heterocycles. The summed E-state index contributed by atoms with van der Waals surface area (Å²) in [6.45, 7) is 2.28. The molecule has 0 radical (unpaired) electrons. The van der Waals surface area contributed by atoms with Crippen LogP contribution in [0.15, 0.2) is 0 Å². The maximum atomic E-state index is 12.2. The third kappa shape index (κ3) is 2.90. The first-order valence-corrected chi connectivity index (χ1v) is 7.06. The second kappa shape index (κ2) is 5.57. The van der Waals surface area contributed by atoms with Crippen LogP contribution in [0.5, 0.6) is 0 Å². The average molecular weight is 242 g/mol. The maximum Gasteiger partial charge on any atom is 0.227 e. The lowest BCUT2D eigenvalue weighted by atomic mass is 9.97. The van der Waals surface area contributed by atoms with E-state index in [0.717, 1.165) is 31.0 Å². The first-order chi connectivity index (χ1) is 7.77. The number of nitrogens with zero attached hydrogens (tertiary/aromatic N) is 1. The van der Waals surface area contributed by atoms with Gasteiger partial charge in [0, 0.05) is 31.8 Å². The number of amides is 2. The van der Waals surface area contributed by atoms with Gasteiger partial charge in [0.1, 0.15) is 0 Å². The van der Waals surface area contributed by atoms with Gasteiger partial charge in [-0.05, 0) is 18.6 Å². The van der Waals surface area contributed by atoms with E-state index in [1.54, 1.807) is 0 Å². The molecule has 0 bridgehead atoms. The van der Waals surface area contributed by atoms with Crippen LogP contribution < -0.4 is 5.32 Å². The monoisotopic (exact) mass is 242 g/mol. The predicted molar refractivity (Wildman–Crippen MR) is 64.3 cm³/mol. The van der Waals surface area contributed by atoms with Crippen LogP contribution in [0.2, 0.25) is 0 Å². The zero-order chi connectivity index (χ0) is 11.4. The Labute approximate surface area is 100 Å². The van der Waals surface area contributed by atoms with Gasteiger partial charge in [0.15, 0.2) is 0 Å². The van der Waals surface area contributed by atoms with E-state index in [0.29, 0.717) is 19.4 Å². The largest absolute Gasteiger partial charge is 0.355 e. The van der Waals surface area contributed by atoms with E-state index in [1.165, 1.54) is 0 Å². The van der Waals surface area contributed by atoms with Crippen molar-refractivity contribution in [2.45, 2.75) is 19.3 Å². The number of nitrogens with one attached hydrogen (secondary N) is 1. The minimum Gasteiger partial charge on any atom is -0.355 e. The van der Waals surface area contributed by atoms with Crippen molar-refractivity contribution in [2.24, 2.45) is 5.92 Å². The van der Waals surface area contributed by atoms with Crippen molar-refractivity contribution < 1.29 is 9.59 Å². The number of carbonyl (C=O) groups is 2.